The Kier molecular flexibility index (Phi) is 3.13. The molecular weight excluding hydrogens is 212 g/mol. The average molecular weight is 230 g/mol. The highest BCUT2D eigenvalue weighted by molar-refractivity contribution is 5.44. The van der Waals surface area contributed by atoms with Crippen LogP contribution in [0.2, 0.25) is 0 Å². The molecule has 0 aliphatic heterocycles. The second-order valence-electron chi connectivity index (χ2n) is 4.31. The van der Waals surface area contributed by atoms with Crippen LogP contribution < -0.4 is 5.32 Å². The Hall–Kier alpha value is -1.84. The first kappa shape index (κ1) is 11.6. The van der Waals surface area contributed by atoms with Gasteiger partial charge in [-0.25, -0.2) is 0 Å². The number of aryl methyl sites for hydroxylation is 3. The van der Waals surface area contributed by atoms with Gasteiger partial charge in [-0.05, 0) is 32.9 Å². The highest BCUT2D eigenvalue weighted by Crippen LogP contribution is 2.15. The first-order valence-corrected chi connectivity index (χ1v) is 5.73. The van der Waals surface area contributed by atoms with Crippen molar-refractivity contribution in [2.45, 2.75) is 27.3 Å². The third-order valence-electron chi connectivity index (χ3n) is 3.02. The van der Waals surface area contributed by atoms with Crippen LogP contribution in [0, 0.1) is 20.8 Å². The van der Waals surface area contributed by atoms with E-state index in [1.165, 1.54) is 11.3 Å². The van der Waals surface area contributed by atoms with Crippen molar-refractivity contribution in [1.82, 2.24) is 14.8 Å². The minimum Gasteiger partial charge on any atom is -0.381 e. The molecule has 0 bridgehead atoms. The van der Waals surface area contributed by atoms with Crippen LogP contribution in [-0.4, -0.2) is 14.8 Å². The Morgan fingerprint density at radius 3 is 2.65 bits per heavy atom. The summed E-state index contributed by atoms with van der Waals surface area (Å²) in [5.41, 5.74) is 5.68. The molecule has 1 N–H and O–H groups in total. The summed E-state index contributed by atoms with van der Waals surface area (Å²) in [5, 5.41) is 7.81. The van der Waals surface area contributed by atoms with Crippen molar-refractivity contribution in [3.8, 4) is 0 Å². The van der Waals surface area contributed by atoms with Gasteiger partial charge in [0.2, 0.25) is 0 Å². The fourth-order valence-electron chi connectivity index (χ4n) is 1.92. The minimum absolute atomic E-state index is 0.801. The molecule has 2 aromatic rings. The molecule has 0 aliphatic rings. The molecule has 0 saturated heterocycles. The topological polar surface area (TPSA) is 42.7 Å². The summed E-state index contributed by atoms with van der Waals surface area (Å²) >= 11 is 0. The number of anilines is 1. The fourth-order valence-corrected chi connectivity index (χ4v) is 1.92. The van der Waals surface area contributed by atoms with Crippen molar-refractivity contribution in [3.05, 3.63) is 41.0 Å². The molecule has 0 saturated carbocycles. The predicted octanol–water partition coefficient (Wildman–Crippen LogP) is 2.35. The van der Waals surface area contributed by atoms with Crippen molar-refractivity contribution >= 4 is 5.69 Å². The Morgan fingerprint density at radius 2 is 2.06 bits per heavy atom. The second-order valence-corrected chi connectivity index (χ2v) is 4.31. The summed E-state index contributed by atoms with van der Waals surface area (Å²) in [6.07, 6.45) is 1.82. The van der Waals surface area contributed by atoms with Gasteiger partial charge in [-0.1, -0.05) is 0 Å². The van der Waals surface area contributed by atoms with E-state index in [4.69, 9.17) is 0 Å². The third kappa shape index (κ3) is 2.46. The minimum atomic E-state index is 0.801. The number of hydrogen-bond acceptors (Lipinski definition) is 3. The number of pyridine rings is 1. The quantitative estimate of drug-likeness (QED) is 0.880. The molecule has 0 unspecified atom stereocenters. The van der Waals surface area contributed by atoms with Crippen LogP contribution in [0.5, 0.6) is 0 Å². The summed E-state index contributed by atoms with van der Waals surface area (Å²) in [4.78, 5) is 4.18. The number of rotatable bonds is 3. The van der Waals surface area contributed by atoms with E-state index in [0.717, 1.165) is 23.6 Å². The Balaban J connectivity index is 2.12. The maximum Gasteiger partial charge on any atom is 0.0646 e. The van der Waals surface area contributed by atoms with Gasteiger partial charge in [0.05, 0.1) is 5.69 Å². The van der Waals surface area contributed by atoms with E-state index < -0.39 is 0 Å². The predicted molar refractivity (Wildman–Crippen MR) is 69.0 cm³/mol. The molecule has 0 aromatic carbocycles. The van der Waals surface area contributed by atoms with Crippen molar-refractivity contribution in [2.75, 3.05) is 5.32 Å². The first-order chi connectivity index (χ1) is 8.08. The van der Waals surface area contributed by atoms with E-state index in [2.05, 4.69) is 22.3 Å². The van der Waals surface area contributed by atoms with E-state index in [-0.39, 0.29) is 0 Å². The number of aromatic nitrogens is 3. The van der Waals surface area contributed by atoms with E-state index >= 15 is 0 Å². The van der Waals surface area contributed by atoms with Gasteiger partial charge in [-0.15, -0.1) is 0 Å². The van der Waals surface area contributed by atoms with Crippen LogP contribution in [0.4, 0.5) is 5.69 Å². The lowest BCUT2D eigenvalue weighted by Crippen LogP contribution is -2.02. The van der Waals surface area contributed by atoms with Gasteiger partial charge < -0.3 is 5.32 Å². The van der Waals surface area contributed by atoms with Crippen molar-refractivity contribution < 1.29 is 0 Å². The monoisotopic (exact) mass is 230 g/mol. The molecule has 0 aliphatic carbocycles. The largest absolute Gasteiger partial charge is 0.381 e. The molecule has 2 heterocycles. The van der Waals surface area contributed by atoms with Crippen molar-refractivity contribution in [1.29, 1.82) is 0 Å². The highest BCUT2D eigenvalue weighted by Gasteiger charge is 2.08. The summed E-state index contributed by atoms with van der Waals surface area (Å²) in [7, 11) is 1.97. The molecule has 0 atom stereocenters. The Morgan fingerprint density at radius 1 is 1.29 bits per heavy atom. The second kappa shape index (κ2) is 4.57. The van der Waals surface area contributed by atoms with E-state index in [1.807, 2.05) is 43.9 Å². The van der Waals surface area contributed by atoms with Crippen molar-refractivity contribution in [2.24, 2.45) is 7.05 Å². The van der Waals surface area contributed by atoms with Gasteiger partial charge in [-0.2, -0.15) is 5.10 Å². The molecule has 0 spiro atoms. The zero-order valence-corrected chi connectivity index (χ0v) is 10.8. The standard InChI is InChI=1S/C13H18N4/c1-9-7-12(5-6-14-9)15-8-13-10(2)16-17(4)11(13)3/h5-7H,8H2,1-4H3,(H,14,15). The first-order valence-electron chi connectivity index (χ1n) is 5.73. The van der Waals surface area contributed by atoms with Gasteiger partial charge in [-0.3, -0.25) is 9.67 Å². The van der Waals surface area contributed by atoms with Gasteiger partial charge in [0.25, 0.3) is 0 Å². The van der Waals surface area contributed by atoms with Gasteiger partial charge in [0.15, 0.2) is 0 Å². The van der Waals surface area contributed by atoms with Gasteiger partial charge >= 0.3 is 0 Å². The van der Waals surface area contributed by atoms with Crippen LogP contribution in [0.25, 0.3) is 0 Å². The number of nitrogens with one attached hydrogen (secondary N) is 1. The SMILES string of the molecule is Cc1cc(NCc2c(C)nn(C)c2C)ccn1. The fraction of sp³-hybridized carbons (Fsp3) is 0.385. The molecule has 4 heteroatoms. The number of hydrogen-bond donors (Lipinski definition) is 1. The molecule has 4 nitrogen and oxygen atoms in total. The maximum absolute atomic E-state index is 4.40. The molecule has 0 amide bonds. The zero-order valence-electron chi connectivity index (χ0n) is 10.8. The molecule has 2 aromatic heterocycles. The van der Waals surface area contributed by atoms with Crippen LogP contribution in [0.1, 0.15) is 22.6 Å². The van der Waals surface area contributed by atoms with Crippen LogP contribution in [0.15, 0.2) is 18.3 Å². The highest BCUT2D eigenvalue weighted by atomic mass is 15.3. The van der Waals surface area contributed by atoms with E-state index in [1.54, 1.807) is 0 Å². The van der Waals surface area contributed by atoms with Crippen LogP contribution in [-0.2, 0) is 13.6 Å². The lowest BCUT2D eigenvalue weighted by Gasteiger charge is -2.07. The zero-order chi connectivity index (χ0) is 12.4. The molecular formula is C13H18N4. The molecule has 90 valence electrons. The smallest absolute Gasteiger partial charge is 0.0646 e. The summed E-state index contributed by atoms with van der Waals surface area (Å²) in [6.45, 7) is 6.93. The molecule has 0 radical (unpaired) electrons. The van der Waals surface area contributed by atoms with Crippen molar-refractivity contribution in [3.63, 3.8) is 0 Å². The van der Waals surface area contributed by atoms with Crippen LogP contribution >= 0.6 is 0 Å². The summed E-state index contributed by atoms with van der Waals surface area (Å²) < 4.78 is 1.92. The van der Waals surface area contributed by atoms with Gasteiger partial charge in [0.1, 0.15) is 0 Å². The number of nitrogens with zero attached hydrogens (tertiary/aromatic N) is 3. The Bertz CT molecular complexity index is 528. The van der Waals surface area contributed by atoms with E-state index in [9.17, 15) is 0 Å². The lowest BCUT2D eigenvalue weighted by molar-refractivity contribution is 0.730. The normalized spacial score (nSPS) is 10.6. The molecule has 2 rings (SSSR count). The van der Waals surface area contributed by atoms with Gasteiger partial charge in [0, 0.05) is 42.4 Å². The molecule has 17 heavy (non-hydrogen) atoms. The average Bonchev–Trinajstić information content (AvgIpc) is 2.51. The third-order valence-corrected chi connectivity index (χ3v) is 3.02. The maximum atomic E-state index is 4.40. The summed E-state index contributed by atoms with van der Waals surface area (Å²) in [6, 6.07) is 4.02. The summed E-state index contributed by atoms with van der Waals surface area (Å²) in [5.74, 6) is 0. The van der Waals surface area contributed by atoms with E-state index in [0.29, 0.717) is 0 Å². The lowest BCUT2D eigenvalue weighted by atomic mass is 10.2. The molecule has 0 fully saturated rings. The Labute approximate surface area is 102 Å². The van der Waals surface area contributed by atoms with Crippen LogP contribution in [0.3, 0.4) is 0 Å².